The Balaban J connectivity index is 0.00000256. The Hall–Kier alpha value is -2.10. The van der Waals surface area contributed by atoms with Gasteiger partial charge in [-0.25, -0.2) is 18.2 Å². The second-order valence-corrected chi connectivity index (χ2v) is 9.73. The van der Waals surface area contributed by atoms with E-state index in [4.69, 9.17) is 0 Å². The SMILES string of the molecule is CCn1c(=O)n(CC)c2cc(-c3cncn3CCNC3CCS(=O)(=O)C3)ccc21.Cl. The van der Waals surface area contributed by atoms with Crippen molar-refractivity contribution in [1.82, 2.24) is 24.0 Å². The summed E-state index contributed by atoms with van der Waals surface area (Å²) < 4.78 is 28.8. The molecule has 1 atom stereocenters. The number of aryl methyl sites for hydroxylation is 2. The third kappa shape index (κ3) is 4.19. The fraction of sp³-hybridized carbons (Fsp3) is 0.500. The Morgan fingerprint density at radius 1 is 1.17 bits per heavy atom. The molecular weight excluding hydrogens is 426 g/mol. The minimum absolute atomic E-state index is 0. The first kappa shape index (κ1) is 22.6. The molecule has 3 heterocycles. The van der Waals surface area contributed by atoms with Crippen molar-refractivity contribution in [3.63, 3.8) is 0 Å². The van der Waals surface area contributed by atoms with Crippen LogP contribution in [0.5, 0.6) is 0 Å². The van der Waals surface area contributed by atoms with Gasteiger partial charge in [-0.1, -0.05) is 6.07 Å². The highest BCUT2D eigenvalue weighted by atomic mass is 35.5. The molecule has 0 radical (unpaired) electrons. The van der Waals surface area contributed by atoms with E-state index in [0.29, 0.717) is 32.6 Å². The van der Waals surface area contributed by atoms with Crippen molar-refractivity contribution >= 4 is 33.3 Å². The lowest BCUT2D eigenvalue weighted by Gasteiger charge is -2.13. The number of rotatable bonds is 7. The highest BCUT2D eigenvalue weighted by Crippen LogP contribution is 2.24. The van der Waals surface area contributed by atoms with Crippen LogP contribution in [-0.4, -0.2) is 51.2 Å². The summed E-state index contributed by atoms with van der Waals surface area (Å²) in [5, 5.41) is 3.34. The van der Waals surface area contributed by atoms with Crippen LogP contribution in [0.1, 0.15) is 20.3 Å². The number of nitrogens with one attached hydrogen (secondary N) is 1. The Labute approximate surface area is 182 Å². The predicted molar refractivity (Wildman–Crippen MR) is 121 cm³/mol. The number of hydrogen-bond donors (Lipinski definition) is 1. The average molecular weight is 454 g/mol. The van der Waals surface area contributed by atoms with Crippen LogP contribution in [0.25, 0.3) is 22.3 Å². The maximum Gasteiger partial charge on any atom is 0.329 e. The molecule has 10 heteroatoms. The van der Waals surface area contributed by atoms with Gasteiger partial charge in [-0.15, -0.1) is 12.4 Å². The quantitative estimate of drug-likeness (QED) is 0.590. The number of aromatic nitrogens is 4. The second-order valence-electron chi connectivity index (χ2n) is 7.50. The van der Waals surface area contributed by atoms with Crippen LogP contribution >= 0.6 is 12.4 Å². The maximum atomic E-state index is 12.6. The highest BCUT2D eigenvalue weighted by molar-refractivity contribution is 7.91. The predicted octanol–water partition coefficient (Wildman–Crippen LogP) is 1.90. The van der Waals surface area contributed by atoms with Crippen LogP contribution in [0.4, 0.5) is 0 Å². The van der Waals surface area contributed by atoms with E-state index in [2.05, 4.69) is 20.9 Å². The molecule has 1 aromatic carbocycles. The minimum atomic E-state index is -2.87. The van der Waals surface area contributed by atoms with Gasteiger partial charge in [0.1, 0.15) is 0 Å². The van der Waals surface area contributed by atoms with Crippen LogP contribution in [0, 0.1) is 0 Å². The Morgan fingerprint density at radius 2 is 1.90 bits per heavy atom. The van der Waals surface area contributed by atoms with Crippen molar-refractivity contribution in [1.29, 1.82) is 0 Å². The summed E-state index contributed by atoms with van der Waals surface area (Å²) in [5.41, 5.74) is 3.88. The van der Waals surface area contributed by atoms with E-state index in [1.54, 1.807) is 15.5 Å². The fourth-order valence-corrected chi connectivity index (χ4v) is 5.88. The number of halogens is 1. The number of benzene rings is 1. The molecule has 1 unspecified atom stereocenters. The van der Waals surface area contributed by atoms with E-state index in [1.807, 2.05) is 32.2 Å². The summed E-state index contributed by atoms with van der Waals surface area (Å²) in [6.45, 7) is 6.60. The van der Waals surface area contributed by atoms with Gasteiger partial charge >= 0.3 is 5.69 Å². The van der Waals surface area contributed by atoms with E-state index >= 15 is 0 Å². The molecule has 1 aliphatic heterocycles. The zero-order chi connectivity index (χ0) is 20.6. The summed E-state index contributed by atoms with van der Waals surface area (Å²) >= 11 is 0. The van der Waals surface area contributed by atoms with Crippen molar-refractivity contribution in [2.45, 2.75) is 45.9 Å². The Bertz CT molecular complexity index is 1190. The summed E-state index contributed by atoms with van der Waals surface area (Å²) in [6.07, 6.45) is 4.29. The van der Waals surface area contributed by atoms with Gasteiger partial charge in [-0.3, -0.25) is 9.13 Å². The van der Waals surface area contributed by atoms with E-state index < -0.39 is 9.84 Å². The lowest BCUT2D eigenvalue weighted by atomic mass is 10.1. The van der Waals surface area contributed by atoms with Crippen molar-refractivity contribution < 1.29 is 8.42 Å². The molecule has 0 saturated carbocycles. The van der Waals surface area contributed by atoms with E-state index in [9.17, 15) is 13.2 Å². The van der Waals surface area contributed by atoms with Gasteiger partial charge < -0.3 is 9.88 Å². The molecular formula is C20H28ClN5O3S. The normalized spacial score (nSPS) is 18.0. The van der Waals surface area contributed by atoms with E-state index in [0.717, 1.165) is 22.3 Å². The summed E-state index contributed by atoms with van der Waals surface area (Å²) in [5.74, 6) is 0.501. The minimum Gasteiger partial charge on any atom is -0.329 e. The van der Waals surface area contributed by atoms with E-state index in [1.165, 1.54) is 0 Å². The third-order valence-electron chi connectivity index (χ3n) is 5.68. The fourth-order valence-electron chi connectivity index (χ4n) is 4.17. The molecule has 0 bridgehead atoms. The Kier molecular flexibility index (Phi) is 6.74. The van der Waals surface area contributed by atoms with E-state index in [-0.39, 0.29) is 35.6 Å². The summed E-state index contributed by atoms with van der Waals surface area (Å²) in [4.78, 5) is 16.9. The lowest BCUT2D eigenvalue weighted by Crippen LogP contribution is -2.32. The van der Waals surface area contributed by atoms with Crippen molar-refractivity contribution in [3.8, 4) is 11.3 Å². The van der Waals surface area contributed by atoms with Crippen molar-refractivity contribution in [2.24, 2.45) is 0 Å². The zero-order valence-electron chi connectivity index (χ0n) is 17.2. The monoisotopic (exact) mass is 453 g/mol. The van der Waals surface area contributed by atoms with Crippen LogP contribution < -0.4 is 11.0 Å². The number of imidazole rings is 2. The van der Waals surface area contributed by atoms with Gasteiger partial charge in [0.2, 0.25) is 0 Å². The first-order valence-corrected chi connectivity index (χ1v) is 11.9. The average Bonchev–Trinajstić information content (AvgIpc) is 3.36. The standard InChI is InChI=1S/C20H27N5O3S.ClH/c1-3-24-17-6-5-15(11-18(17)25(4-2)20(24)26)19-12-21-14-23(19)9-8-22-16-7-10-29(27,28)13-16;/h5-6,11-12,14,16,22H,3-4,7-10,13H2,1-2H3;1H. The van der Waals surface area contributed by atoms with Gasteiger partial charge in [0, 0.05) is 37.8 Å². The number of nitrogens with zero attached hydrogens (tertiary/aromatic N) is 4. The molecule has 1 N–H and O–H groups in total. The molecule has 30 heavy (non-hydrogen) atoms. The third-order valence-corrected chi connectivity index (χ3v) is 7.45. The zero-order valence-corrected chi connectivity index (χ0v) is 18.9. The van der Waals surface area contributed by atoms with Gasteiger partial charge in [0.25, 0.3) is 0 Å². The van der Waals surface area contributed by atoms with Gasteiger partial charge in [0.15, 0.2) is 9.84 Å². The number of hydrogen-bond acceptors (Lipinski definition) is 5. The van der Waals surface area contributed by atoms with Crippen LogP contribution in [0.3, 0.4) is 0 Å². The molecule has 1 fully saturated rings. The number of fused-ring (bicyclic) bond motifs is 1. The molecule has 164 valence electrons. The first-order valence-electron chi connectivity index (χ1n) is 10.1. The molecule has 1 saturated heterocycles. The summed E-state index contributed by atoms with van der Waals surface area (Å²) in [7, 11) is -2.87. The number of sulfone groups is 1. The maximum absolute atomic E-state index is 12.6. The summed E-state index contributed by atoms with van der Waals surface area (Å²) in [6, 6.07) is 6.12. The van der Waals surface area contributed by atoms with Crippen molar-refractivity contribution in [2.75, 3.05) is 18.1 Å². The smallest absolute Gasteiger partial charge is 0.329 e. The van der Waals surface area contributed by atoms with Gasteiger partial charge in [-0.05, 0) is 32.4 Å². The highest BCUT2D eigenvalue weighted by Gasteiger charge is 2.27. The van der Waals surface area contributed by atoms with Crippen LogP contribution in [0.15, 0.2) is 35.5 Å². The molecule has 4 rings (SSSR count). The molecule has 8 nitrogen and oxygen atoms in total. The van der Waals surface area contributed by atoms with Crippen LogP contribution in [0.2, 0.25) is 0 Å². The Morgan fingerprint density at radius 3 is 2.57 bits per heavy atom. The lowest BCUT2D eigenvalue weighted by molar-refractivity contribution is 0.521. The largest absolute Gasteiger partial charge is 0.329 e. The molecule has 2 aromatic heterocycles. The van der Waals surface area contributed by atoms with Gasteiger partial charge in [-0.2, -0.15) is 0 Å². The second kappa shape index (κ2) is 8.95. The molecule has 1 aliphatic rings. The van der Waals surface area contributed by atoms with Crippen molar-refractivity contribution in [3.05, 3.63) is 41.2 Å². The molecule has 0 amide bonds. The molecule has 0 aliphatic carbocycles. The van der Waals surface area contributed by atoms with Crippen LogP contribution in [-0.2, 0) is 29.5 Å². The van der Waals surface area contributed by atoms with Gasteiger partial charge in [0.05, 0.1) is 40.8 Å². The molecule has 3 aromatic rings. The topological polar surface area (TPSA) is 90.9 Å². The first-order chi connectivity index (χ1) is 13.9. The molecule has 0 spiro atoms.